The van der Waals surface area contributed by atoms with Crippen molar-refractivity contribution >= 4 is 9.84 Å². The molecule has 98 valence electrons. The third-order valence-electron chi connectivity index (χ3n) is 3.27. The molecule has 0 unspecified atom stereocenters. The fourth-order valence-electron chi connectivity index (χ4n) is 2.13. The summed E-state index contributed by atoms with van der Waals surface area (Å²) in [6.45, 7) is 0.836. The van der Waals surface area contributed by atoms with E-state index in [-0.39, 0.29) is 4.90 Å². The van der Waals surface area contributed by atoms with Crippen LogP contribution in [0.3, 0.4) is 0 Å². The van der Waals surface area contributed by atoms with Crippen molar-refractivity contribution in [3.05, 3.63) is 17.7 Å². The Labute approximate surface area is 105 Å². The molecule has 0 radical (unpaired) electrons. The quantitative estimate of drug-likeness (QED) is 0.862. The van der Waals surface area contributed by atoms with Crippen LogP contribution in [0.2, 0.25) is 0 Å². The zero-order chi connectivity index (χ0) is 13.0. The molecule has 1 aliphatic carbocycles. The van der Waals surface area contributed by atoms with Gasteiger partial charge in [-0.05, 0) is 18.9 Å². The number of rotatable bonds is 2. The molecule has 1 fully saturated rings. The van der Waals surface area contributed by atoms with Crippen LogP contribution in [0.5, 0.6) is 11.5 Å². The van der Waals surface area contributed by atoms with E-state index in [0.29, 0.717) is 43.1 Å². The van der Waals surface area contributed by atoms with Crippen molar-refractivity contribution in [2.75, 3.05) is 19.5 Å². The van der Waals surface area contributed by atoms with E-state index < -0.39 is 15.4 Å². The van der Waals surface area contributed by atoms with Crippen molar-refractivity contribution in [3.8, 4) is 11.5 Å². The normalized spacial score (nSPS) is 20.6. The molecule has 0 saturated heterocycles. The van der Waals surface area contributed by atoms with E-state index in [9.17, 15) is 13.5 Å². The molecule has 0 atom stereocenters. The zero-order valence-corrected chi connectivity index (χ0v) is 10.8. The highest BCUT2D eigenvalue weighted by Gasteiger charge is 2.45. The van der Waals surface area contributed by atoms with Gasteiger partial charge in [-0.25, -0.2) is 8.42 Å². The molecule has 0 aromatic heterocycles. The monoisotopic (exact) mass is 270 g/mol. The number of sulfone groups is 1. The van der Waals surface area contributed by atoms with Crippen molar-refractivity contribution in [3.63, 3.8) is 0 Å². The summed E-state index contributed by atoms with van der Waals surface area (Å²) in [6, 6.07) is 3.05. The van der Waals surface area contributed by atoms with Gasteiger partial charge in [-0.1, -0.05) is 0 Å². The van der Waals surface area contributed by atoms with Crippen LogP contribution in [0, 0.1) is 0 Å². The molecule has 6 heteroatoms. The summed E-state index contributed by atoms with van der Waals surface area (Å²) in [5.74, 6) is 0.929. The third-order valence-corrected chi connectivity index (χ3v) is 4.41. The first-order valence-electron chi connectivity index (χ1n) is 5.77. The molecule has 0 bridgehead atoms. The van der Waals surface area contributed by atoms with Gasteiger partial charge in [-0.2, -0.15) is 0 Å². The van der Waals surface area contributed by atoms with Crippen molar-refractivity contribution < 1.29 is 23.0 Å². The largest absolute Gasteiger partial charge is 0.486 e. The van der Waals surface area contributed by atoms with Crippen molar-refractivity contribution in [1.82, 2.24) is 0 Å². The van der Waals surface area contributed by atoms with Gasteiger partial charge in [0.15, 0.2) is 21.3 Å². The van der Waals surface area contributed by atoms with Crippen molar-refractivity contribution in [2.45, 2.75) is 23.3 Å². The second kappa shape index (κ2) is 3.61. The van der Waals surface area contributed by atoms with Gasteiger partial charge in [0.2, 0.25) is 0 Å². The predicted molar refractivity (Wildman–Crippen MR) is 63.7 cm³/mol. The molecule has 2 aliphatic rings. The Hall–Kier alpha value is -1.27. The average Bonchev–Trinajstić information content (AvgIpc) is 3.06. The molecule has 1 heterocycles. The van der Waals surface area contributed by atoms with E-state index in [1.165, 1.54) is 6.07 Å². The first-order chi connectivity index (χ1) is 8.40. The zero-order valence-electron chi connectivity index (χ0n) is 9.97. The van der Waals surface area contributed by atoms with Crippen LogP contribution in [-0.4, -0.2) is 33.0 Å². The maximum absolute atomic E-state index is 11.8. The molecular formula is C12H14O5S. The Morgan fingerprint density at radius 3 is 2.22 bits per heavy atom. The lowest BCUT2D eigenvalue weighted by atomic mass is 10.1. The second-order valence-corrected chi connectivity index (χ2v) is 6.78. The Morgan fingerprint density at radius 1 is 1.17 bits per heavy atom. The Bertz CT molecular complexity index is 601. The van der Waals surface area contributed by atoms with Gasteiger partial charge < -0.3 is 14.6 Å². The minimum Gasteiger partial charge on any atom is -0.486 e. The Morgan fingerprint density at radius 2 is 1.72 bits per heavy atom. The summed E-state index contributed by atoms with van der Waals surface area (Å²) < 4.78 is 34.4. The van der Waals surface area contributed by atoms with E-state index in [1.807, 2.05) is 0 Å². The van der Waals surface area contributed by atoms with Crippen LogP contribution in [0.15, 0.2) is 17.0 Å². The Balaban J connectivity index is 2.22. The highest BCUT2D eigenvalue weighted by Crippen LogP contribution is 2.50. The first kappa shape index (κ1) is 11.8. The lowest BCUT2D eigenvalue weighted by Crippen LogP contribution is -2.18. The lowest BCUT2D eigenvalue weighted by molar-refractivity contribution is 0.143. The van der Waals surface area contributed by atoms with Crippen LogP contribution >= 0.6 is 0 Å². The highest BCUT2D eigenvalue weighted by atomic mass is 32.2. The fraction of sp³-hybridized carbons (Fsp3) is 0.500. The van der Waals surface area contributed by atoms with Crippen molar-refractivity contribution in [2.24, 2.45) is 0 Å². The predicted octanol–water partition coefficient (Wildman–Crippen LogP) is 0.843. The van der Waals surface area contributed by atoms with E-state index in [4.69, 9.17) is 9.47 Å². The fourth-order valence-corrected chi connectivity index (χ4v) is 3.10. The summed E-state index contributed by atoms with van der Waals surface area (Å²) in [7, 11) is -3.41. The summed E-state index contributed by atoms with van der Waals surface area (Å²) in [5, 5.41) is 10.2. The van der Waals surface area contributed by atoms with E-state index in [2.05, 4.69) is 0 Å². The summed E-state index contributed by atoms with van der Waals surface area (Å²) in [6.07, 6.45) is 2.29. The van der Waals surface area contributed by atoms with Crippen LogP contribution in [0.4, 0.5) is 0 Å². The third kappa shape index (κ3) is 1.85. The topological polar surface area (TPSA) is 72.8 Å². The van der Waals surface area contributed by atoms with Gasteiger partial charge in [0, 0.05) is 17.9 Å². The number of aliphatic hydroxyl groups is 1. The lowest BCUT2D eigenvalue weighted by Gasteiger charge is -2.22. The standard InChI is InChI=1S/C12H14O5S/c1-18(14,15)11-7-10-9(16-4-5-17-10)6-8(11)12(13)2-3-12/h6-7,13H,2-5H2,1H3. The van der Waals surface area contributed by atoms with E-state index in [0.717, 1.165) is 6.26 Å². The molecule has 0 spiro atoms. The van der Waals surface area contributed by atoms with Crippen LogP contribution in [0.25, 0.3) is 0 Å². The number of hydrogen-bond acceptors (Lipinski definition) is 5. The smallest absolute Gasteiger partial charge is 0.176 e. The molecule has 3 rings (SSSR count). The molecule has 1 saturated carbocycles. The van der Waals surface area contributed by atoms with Gasteiger partial charge in [-0.3, -0.25) is 0 Å². The highest BCUT2D eigenvalue weighted by molar-refractivity contribution is 7.90. The number of ether oxygens (including phenoxy) is 2. The second-order valence-electron chi connectivity index (χ2n) is 4.80. The van der Waals surface area contributed by atoms with Gasteiger partial charge in [-0.15, -0.1) is 0 Å². The summed E-state index contributed by atoms with van der Waals surface area (Å²) in [4.78, 5) is 0.131. The molecule has 1 aromatic carbocycles. The van der Waals surface area contributed by atoms with Crippen molar-refractivity contribution in [1.29, 1.82) is 0 Å². The molecule has 1 aliphatic heterocycles. The van der Waals surface area contributed by atoms with E-state index >= 15 is 0 Å². The molecule has 18 heavy (non-hydrogen) atoms. The molecule has 1 aromatic rings. The van der Waals surface area contributed by atoms with Crippen LogP contribution in [0.1, 0.15) is 18.4 Å². The molecular weight excluding hydrogens is 256 g/mol. The number of fused-ring (bicyclic) bond motifs is 1. The van der Waals surface area contributed by atoms with E-state index in [1.54, 1.807) is 6.07 Å². The van der Waals surface area contributed by atoms with Gasteiger partial charge in [0.05, 0.1) is 10.5 Å². The summed E-state index contributed by atoms with van der Waals surface area (Å²) >= 11 is 0. The summed E-state index contributed by atoms with van der Waals surface area (Å²) in [5.41, 5.74) is -0.594. The SMILES string of the molecule is CS(=O)(=O)c1cc2c(cc1C1(O)CC1)OCCO2. The van der Waals surface area contributed by atoms with Gasteiger partial charge >= 0.3 is 0 Å². The van der Waals surface area contributed by atoms with Gasteiger partial charge in [0.25, 0.3) is 0 Å². The Kier molecular flexibility index (Phi) is 2.37. The number of hydrogen-bond donors (Lipinski definition) is 1. The molecule has 5 nitrogen and oxygen atoms in total. The average molecular weight is 270 g/mol. The maximum atomic E-state index is 11.8. The van der Waals surface area contributed by atoms with Gasteiger partial charge in [0.1, 0.15) is 13.2 Å². The molecule has 0 amide bonds. The van der Waals surface area contributed by atoms with Crippen LogP contribution < -0.4 is 9.47 Å². The number of benzene rings is 1. The minimum atomic E-state index is -3.41. The first-order valence-corrected chi connectivity index (χ1v) is 7.66. The minimum absolute atomic E-state index is 0.131. The maximum Gasteiger partial charge on any atom is 0.176 e. The van der Waals surface area contributed by atoms with Crippen LogP contribution in [-0.2, 0) is 15.4 Å². The molecule has 1 N–H and O–H groups in total.